The number of aryl methyl sites for hydroxylation is 3. The van der Waals surface area contributed by atoms with Gasteiger partial charge in [0.1, 0.15) is 5.65 Å². The van der Waals surface area contributed by atoms with Crippen LogP contribution in [0.15, 0.2) is 30.7 Å². The van der Waals surface area contributed by atoms with Gasteiger partial charge in [-0.05, 0) is 45.4 Å². The fraction of sp³-hybridized carbons (Fsp3) is 0.292. The zero-order chi connectivity index (χ0) is 23.9. The van der Waals surface area contributed by atoms with E-state index in [0.29, 0.717) is 34.2 Å². The monoisotopic (exact) mass is 465 g/mol. The summed E-state index contributed by atoms with van der Waals surface area (Å²) in [6.45, 7) is 8.04. The molecule has 4 aromatic heterocycles. The molecule has 0 saturated heterocycles. The third-order valence-corrected chi connectivity index (χ3v) is 5.93. The van der Waals surface area contributed by atoms with Crippen molar-refractivity contribution in [3.63, 3.8) is 0 Å². The van der Waals surface area contributed by atoms with Crippen molar-refractivity contribution >= 4 is 34.4 Å². The number of halogens is 1. The Balaban J connectivity index is 2.04. The molecule has 0 aliphatic rings. The summed E-state index contributed by atoms with van der Waals surface area (Å²) >= 11 is 6.07. The predicted molar refractivity (Wildman–Crippen MR) is 125 cm³/mol. The maximum Gasteiger partial charge on any atom is 0.379 e. The number of Topliss-reactive ketones (excluding diaryl/α,β-unsaturated/α-hetero) is 1. The van der Waals surface area contributed by atoms with Crippen LogP contribution in [0.3, 0.4) is 0 Å². The highest BCUT2D eigenvalue weighted by Crippen LogP contribution is 2.37. The molecule has 33 heavy (non-hydrogen) atoms. The molecule has 0 bridgehead atoms. The summed E-state index contributed by atoms with van der Waals surface area (Å²) in [5.74, 6) is -1.66. The highest BCUT2D eigenvalue weighted by molar-refractivity contribution is 6.43. The smallest absolute Gasteiger partial charge is 0.379 e. The number of rotatable bonds is 6. The number of pyridine rings is 2. The van der Waals surface area contributed by atoms with Crippen LogP contribution in [-0.4, -0.2) is 42.7 Å². The number of nitrogens with zero attached hydrogens (tertiary/aromatic N) is 5. The molecule has 0 saturated carbocycles. The van der Waals surface area contributed by atoms with Gasteiger partial charge in [-0.25, -0.2) is 9.78 Å². The predicted octanol–water partition coefficient (Wildman–Crippen LogP) is 4.20. The van der Waals surface area contributed by atoms with Crippen LogP contribution in [0.2, 0.25) is 5.02 Å². The van der Waals surface area contributed by atoms with Gasteiger partial charge < -0.3 is 9.30 Å². The Hall–Kier alpha value is -3.52. The lowest BCUT2D eigenvalue weighted by Gasteiger charge is -2.14. The van der Waals surface area contributed by atoms with E-state index in [1.165, 1.54) is 6.20 Å². The van der Waals surface area contributed by atoms with Crippen molar-refractivity contribution in [2.45, 2.75) is 34.2 Å². The number of ether oxygens (including phenoxy) is 1. The molecule has 8 nitrogen and oxygen atoms in total. The molecular formula is C24H24ClN5O3. The Labute approximate surface area is 196 Å². The Morgan fingerprint density at radius 3 is 2.52 bits per heavy atom. The van der Waals surface area contributed by atoms with Gasteiger partial charge in [0.15, 0.2) is 0 Å². The van der Waals surface area contributed by atoms with Crippen LogP contribution >= 0.6 is 11.6 Å². The van der Waals surface area contributed by atoms with Gasteiger partial charge in [-0.2, -0.15) is 5.10 Å². The third kappa shape index (κ3) is 4.02. The van der Waals surface area contributed by atoms with Crippen LogP contribution in [0.25, 0.3) is 22.3 Å². The Bertz CT molecular complexity index is 1390. The first-order valence-corrected chi connectivity index (χ1v) is 10.9. The van der Waals surface area contributed by atoms with E-state index in [9.17, 15) is 9.59 Å². The zero-order valence-electron chi connectivity index (χ0n) is 19.1. The fourth-order valence-electron chi connectivity index (χ4n) is 4.07. The zero-order valence-corrected chi connectivity index (χ0v) is 19.9. The molecule has 4 heterocycles. The molecule has 0 fully saturated rings. The molecule has 170 valence electrons. The molecule has 4 aromatic rings. The molecule has 0 radical (unpaired) electrons. The first-order chi connectivity index (χ1) is 15.7. The molecule has 0 spiro atoms. The minimum absolute atomic E-state index is 0.105. The van der Waals surface area contributed by atoms with E-state index in [0.717, 1.165) is 22.2 Å². The number of hydrogen-bond donors (Lipinski definition) is 0. The molecule has 0 aliphatic heterocycles. The van der Waals surface area contributed by atoms with Gasteiger partial charge >= 0.3 is 5.97 Å². The topological polar surface area (TPSA) is 91.9 Å². The van der Waals surface area contributed by atoms with Crippen molar-refractivity contribution in [3.8, 4) is 11.3 Å². The normalized spacial score (nSPS) is 11.2. The average molecular weight is 466 g/mol. The second-order valence-corrected chi connectivity index (χ2v) is 8.31. The summed E-state index contributed by atoms with van der Waals surface area (Å²) in [4.78, 5) is 34.8. The van der Waals surface area contributed by atoms with Crippen LogP contribution in [0, 0.1) is 20.8 Å². The van der Waals surface area contributed by atoms with E-state index in [1.54, 1.807) is 30.7 Å². The summed E-state index contributed by atoms with van der Waals surface area (Å²) < 4.78 is 8.84. The molecule has 9 heteroatoms. The maximum absolute atomic E-state index is 13.2. The standard InChI is InChI=1S/C24H24ClN5O3/c1-6-33-24(32)22(31)20-14(3)28-23-19(21(20)18-8-7-17(25)10-26-18)13(2)15(4)30(23)12-16-9-27-29(5)11-16/h7-11H,6,12H2,1-5H3. The van der Waals surface area contributed by atoms with Crippen molar-refractivity contribution in [1.82, 2.24) is 24.3 Å². The summed E-state index contributed by atoms with van der Waals surface area (Å²) in [7, 11) is 1.87. The quantitative estimate of drug-likeness (QED) is 0.241. The summed E-state index contributed by atoms with van der Waals surface area (Å²) in [5.41, 5.74) is 5.38. The van der Waals surface area contributed by atoms with Crippen molar-refractivity contribution in [3.05, 3.63) is 63.8 Å². The van der Waals surface area contributed by atoms with Crippen LogP contribution < -0.4 is 0 Å². The van der Waals surface area contributed by atoms with Gasteiger partial charge in [0.05, 0.1) is 41.3 Å². The first-order valence-electron chi connectivity index (χ1n) is 10.5. The number of aromatic nitrogens is 5. The van der Waals surface area contributed by atoms with Gasteiger partial charge in [0.2, 0.25) is 0 Å². The number of hydrogen-bond acceptors (Lipinski definition) is 6. The van der Waals surface area contributed by atoms with E-state index < -0.39 is 11.8 Å². The minimum atomic E-state index is -0.916. The minimum Gasteiger partial charge on any atom is -0.460 e. The van der Waals surface area contributed by atoms with E-state index in [1.807, 2.05) is 33.3 Å². The summed E-state index contributed by atoms with van der Waals surface area (Å²) in [5, 5.41) is 5.50. The van der Waals surface area contributed by atoms with Crippen molar-refractivity contribution in [2.75, 3.05) is 6.61 Å². The van der Waals surface area contributed by atoms with Crippen LogP contribution in [0.4, 0.5) is 0 Å². The lowest BCUT2D eigenvalue weighted by molar-refractivity contribution is -0.137. The van der Waals surface area contributed by atoms with E-state index in [4.69, 9.17) is 21.3 Å². The number of ketones is 1. The Morgan fingerprint density at radius 1 is 1.15 bits per heavy atom. The number of esters is 1. The highest BCUT2D eigenvalue weighted by atomic mass is 35.5. The van der Waals surface area contributed by atoms with Crippen molar-refractivity contribution < 1.29 is 14.3 Å². The SMILES string of the molecule is CCOC(=O)C(=O)c1c(C)nc2c(c(C)c(C)n2Cc2cnn(C)c2)c1-c1ccc(Cl)cn1. The Morgan fingerprint density at radius 2 is 1.91 bits per heavy atom. The molecule has 0 unspecified atom stereocenters. The largest absolute Gasteiger partial charge is 0.460 e. The number of carbonyl (C=O) groups is 2. The number of carbonyl (C=O) groups excluding carboxylic acids is 2. The Kier molecular flexibility index (Phi) is 6.03. The molecule has 0 aromatic carbocycles. The molecule has 0 atom stereocenters. The molecule has 4 rings (SSSR count). The average Bonchev–Trinajstić information content (AvgIpc) is 3.29. The number of fused-ring (bicyclic) bond motifs is 1. The van der Waals surface area contributed by atoms with Crippen molar-refractivity contribution in [2.24, 2.45) is 7.05 Å². The van der Waals surface area contributed by atoms with Gasteiger partial charge in [0, 0.05) is 41.6 Å². The fourth-order valence-corrected chi connectivity index (χ4v) is 4.18. The van der Waals surface area contributed by atoms with Gasteiger partial charge in [0.25, 0.3) is 5.78 Å². The van der Waals surface area contributed by atoms with Crippen molar-refractivity contribution in [1.29, 1.82) is 0 Å². The molecule has 0 amide bonds. The first kappa shape index (κ1) is 22.7. The maximum atomic E-state index is 13.2. The third-order valence-electron chi connectivity index (χ3n) is 5.71. The molecular weight excluding hydrogens is 442 g/mol. The van der Waals surface area contributed by atoms with E-state index in [-0.39, 0.29) is 12.2 Å². The van der Waals surface area contributed by atoms with E-state index in [2.05, 4.69) is 14.6 Å². The van der Waals surface area contributed by atoms with Crippen LogP contribution in [0.1, 0.15) is 39.8 Å². The van der Waals surface area contributed by atoms with E-state index >= 15 is 0 Å². The summed E-state index contributed by atoms with van der Waals surface area (Å²) in [6.07, 6.45) is 5.29. The summed E-state index contributed by atoms with van der Waals surface area (Å²) in [6, 6.07) is 3.45. The van der Waals surface area contributed by atoms with Crippen LogP contribution in [0.5, 0.6) is 0 Å². The lowest BCUT2D eigenvalue weighted by atomic mass is 9.94. The molecule has 0 N–H and O–H groups in total. The van der Waals surface area contributed by atoms with Gasteiger partial charge in [-0.3, -0.25) is 14.5 Å². The van der Waals surface area contributed by atoms with Crippen LogP contribution in [-0.2, 0) is 23.1 Å². The molecule has 0 aliphatic carbocycles. The highest BCUT2D eigenvalue weighted by Gasteiger charge is 2.29. The second kappa shape index (κ2) is 8.78. The van der Waals surface area contributed by atoms with Gasteiger partial charge in [-0.1, -0.05) is 11.6 Å². The van der Waals surface area contributed by atoms with Gasteiger partial charge in [-0.15, -0.1) is 0 Å². The second-order valence-electron chi connectivity index (χ2n) is 7.88. The lowest BCUT2D eigenvalue weighted by Crippen LogP contribution is -2.20.